The van der Waals surface area contributed by atoms with Gasteiger partial charge in [-0.25, -0.2) is 4.57 Å². The van der Waals surface area contributed by atoms with Crippen LogP contribution in [-0.4, -0.2) is 29.4 Å². The first-order chi connectivity index (χ1) is 16.5. The van der Waals surface area contributed by atoms with Crippen molar-refractivity contribution in [3.05, 3.63) is 29.8 Å². The van der Waals surface area contributed by atoms with Gasteiger partial charge in [-0.1, -0.05) is 116 Å². The zero-order valence-electron chi connectivity index (χ0n) is 22.0. The molecule has 1 aromatic rings. The minimum Gasteiger partial charge on any atom is -0.303 e. The lowest BCUT2D eigenvalue weighted by Gasteiger charge is -2.14. The molecule has 206 valence electrons. The van der Waals surface area contributed by atoms with Crippen molar-refractivity contribution in [3.63, 3.8) is 0 Å². The van der Waals surface area contributed by atoms with Crippen LogP contribution in [-0.2, 0) is 25.6 Å². The van der Waals surface area contributed by atoms with E-state index in [0.29, 0.717) is 6.42 Å². The van der Waals surface area contributed by atoms with Gasteiger partial charge in [0, 0.05) is 0 Å². The molecule has 0 heterocycles. The van der Waals surface area contributed by atoms with Crippen LogP contribution >= 0.6 is 7.82 Å². The van der Waals surface area contributed by atoms with Crippen molar-refractivity contribution in [3.8, 4) is 0 Å². The molecule has 0 radical (unpaired) electrons. The summed E-state index contributed by atoms with van der Waals surface area (Å²) in [6.07, 6.45) is 17.4. The predicted octanol–water partition coefficient (Wildman–Crippen LogP) is 7.71. The van der Waals surface area contributed by atoms with Crippen molar-refractivity contribution in [2.45, 2.75) is 122 Å². The molecule has 0 aliphatic heterocycles. The summed E-state index contributed by atoms with van der Waals surface area (Å²) in [5, 5.41) is 0. The Morgan fingerprint density at radius 3 is 1.83 bits per heavy atom. The number of phosphoric acid groups is 1. The molecule has 7 nitrogen and oxygen atoms in total. The highest BCUT2D eigenvalue weighted by atomic mass is 32.2. The van der Waals surface area contributed by atoms with Gasteiger partial charge in [0.15, 0.2) is 0 Å². The minimum atomic E-state index is -4.26. The highest BCUT2D eigenvalue weighted by Gasteiger charge is 2.17. The normalized spacial score (nSPS) is 12.7. The molecular weight excluding hydrogens is 487 g/mol. The maximum atomic E-state index is 11.3. The van der Waals surface area contributed by atoms with Crippen LogP contribution in [0.2, 0.25) is 0 Å². The number of benzene rings is 1. The van der Waals surface area contributed by atoms with Crippen LogP contribution in [0.3, 0.4) is 0 Å². The highest BCUT2D eigenvalue weighted by molar-refractivity contribution is 7.85. The van der Waals surface area contributed by atoms with E-state index in [9.17, 15) is 17.5 Å². The number of rotatable bonds is 19. The van der Waals surface area contributed by atoms with Crippen LogP contribution in [0, 0.1) is 5.92 Å². The van der Waals surface area contributed by atoms with E-state index < -0.39 is 17.9 Å². The molecular formula is C26H49O7PS. The second-order valence-electron chi connectivity index (χ2n) is 9.22. The Labute approximate surface area is 214 Å². The number of phosphoric ester groups is 1. The third-order valence-electron chi connectivity index (χ3n) is 6.07. The van der Waals surface area contributed by atoms with Crippen molar-refractivity contribution in [2.75, 3.05) is 6.61 Å². The standard InChI is InChI=1S/C18H30O3S.C8H19O4P/c1-2-3-4-5-6-7-8-9-10-11-14-17-15-12-13-16-18(17)22(19,20)21;1-3-5-6-8(4-2)7-12-13(9,10)11/h12-13,15-16H,2-11,14H2,1H3,(H,19,20,21);8H,3-7H2,1-2H3,(H2,9,10,11). The first-order valence-electron chi connectivity index (χ1n) is 13.3. The van der Waals surface area contributed by atoms with Crippen LogP contribution < -0.4 is 0 Å². The molecule has 0 aliphatic rings. The Hall–Kier alpha value is -0.760. The van der Waals surface area contributed by atoms with E-state index in [1.807, 2.05) is 13.0 Å². The zero-order chi connectivity index (χ0) is 26.6. The molecule has 0 aliphatic carbocycles. The van der Waals surface area contributed by atoms with Crippen molar-refractivity contribution in [1.29, 1.82) is 0 Å². The molecule has 0 aromatic heterocycles. The van der Waals surface area contributed by atoms with Crippen molar-refractivity contribution in [2.24, 2.45) is 5.92 Å². The summed E-state index contributed by atoms with van der Waals surface area (Å²) in [4.78, 5) is 17.0. The van der Waals surface area contributed by atoms with Crippen LogP contribution in [0.25, 0.3) is 0 Å². The van der Waals surface area contributed by atoms with Crippen LogP contribution in [0.5, 0.6) is 0 Å². The van der Waals surface area contributed by atoms with Gasteiger partial charge in [-0.2, -0.15) is 8.42 Å². The maximum Gasteiger partial charge on any atom is 0.469 e. The van der Waals surface area contributed by atoms with Gasteiger partial charge in [0.1, 0.15) is 0 Å². The topological polar surface area (TPSA) is 121 Å². The third-order valence-corrected chi connectivity index (χ3v) is 7.51. The van der Waals surface area contributed by atoms with Gasteiger partial charge in [0.25, 0.3) is 10.1 Å². The summed E-state index contributed by atoms with van der Waals surface area (Å²) >= 11 is 0. The second kappa shape index (κ2) is 20.3. The summed E-state index contributed by atoms with van der Waals surface area (Å²) in [7, 11) is -8.36. The number of hydrogen-bond donors (Lipinski definition) is 3. The fraction of sp³-hybridized carbons (Fsp3) is 0.769. The molecule has 35 heavy (non-hydrogen) atoms. The van der Waals surface area contributed by atoms with E-state index in [4.69, 9.17) is 9.79 Å². The molecule has 1 rings (SSSR count). The number of aryl methyl sites for hydroxylation is 1. The molecule has 0 amide bonds. The fourth-order valence-corrected chi connectivity index (χ4v) is 5.02. The van der Waals surface area contributed by atoms with E-state index >= 15 is 0 Å². The minimum absolute atomic E-state index is 0.0610. The molecule has 1 unspecified atom stereocenters. The van der Waals surface area contributed by atoms with E-state index in [0.717, 1.165) is 44.1 Å². The lowest BCUT2D eigenvalue weighted by Crippen LogP contribution is -2.07. The van der Waals surface area contributed by atoms with Crippen LogP contribution in [0.4, 0.5) is 0 Å². The summed E-state index contributed by atoms with van der Waals surface area (Å²) in [6, 6.07) is 6.73. The quantitative estimate of drug-likeness (QED) is 0.0940. The van der Waals surface area contributed by atoms with Gasteiger partial charge in [0.2, 0.25) is 0 Å². The molecule has 0 bridgehead atoms. The Kier molecular flexibility index (Phi) is 19.9. The molecule has 0 spiro atoms. The van der Waals surface area contributed by atoms with Crippen molar-refractivity contribution in [1.82, 2.24) is 0 Å². The first kappa shape index (κ1) is 34.2. The van der Waals surface area contributed by atoms with Crippen LogP contribution in [0.1, 0.15) is 116 Å². The SMILES string of the molecule is CCCCC(CC)COP(=O)(O)O.CCCCCCCCCCCCc1ccccc1S(=O)(=O)O. The average molecular weight is 537 g/mol. The van der Waals surface area contributed by atoms with Crippen LogP contribution in [0.15, 0.2) is 29.2 Å². The molecule has 1 aromatic carbocycles. The van der Waals surface area contributed by atoms with Crippen molar-refractivity contribution < 1.29 is 31.8 Å². The van der Waals surface area contributed by atoms with Crippen molar-refractivity contribution >= 4 is 17.9 Å². The molecule has 0 fully saturated rings. The van der Waals surface area contributed by atoms with E-state index in [1.165, 1.54) is 57.4 Å². The molecule has 0 saturated heterocycles. The largest absolute Gasteiger partial charge is 0.469 e. The third kappa shape index (κ3) is 20.0. The average Bonchev–Trinajstić information content (AvgIpc) is 2.80. The molecule has 1 atom stereocenters. The van der Waals surface area contributed by atoms with Gasteiger partial charge in [-0.15, -0.1) is 0 Å². The first-order valence-corrected chi connectivity index (χ1v) is 16.3. The maximum absolute atomic E-state index is 11.3. The van der Waals surface area contributed by atoms with Gasteiger partial charge in [0.05, 0.1) is 11.5 Å². The van der Waals surface area contributed by atoms with Gasteiger partial charge in [-0.05, 0) is 36.8 Å². The van der Waals surface area contributed by atoms with Gasteiger partial charge < -0.3 is 9.79 Å². The summed E-state index contributed by atoms with van der Waals surface area (Å²) in [5.41, 5.74) is 0.726. The van der Waals surface area contributed by atoms with Gasteiger partial charge in [-0.3, -0.25) is 9.08 Å². The lowest BCUT2D eigenvalue weighted by atomic mass is 10.0. The number of hydrogen-bond acceptors (Lipinski definition) is 4. The van der Waals surface area contributed by atoms with Gasteiger partial charge >= 0.3 is 7.82 Å². The molecule has 9 heteroatoms. The van der Waals surface area contributed by atoms with E-state index in [-0.39, 0.29) is 17.4 Å². The summed E-state index contributed by atoms with van der Waals surface area (Å²) in [5.74, 6) is 0.271. The molecule has 0 saturated carbocycles. The monoisotopic (exact) mass is 536 g/mol. The molecule has 3 N–H and O–H groups in total. The Morgan fingerprint density at radius 1 is 0.829 bits per heavy atom. The summed E-state index contributed by atoms with van der Waals surface area (Å²) in [6.45, 7) is 6.50. The number of unbranched alkanes of at least 4 members (excludes halogenated alkanes) is 10. The summed E-state index contributed by atoms with van der Waals surface area (Å²) < 4.78 is 46.6. The fourth-order valence-electron chi connectivity index (χ4n) is 3.87. The zero-order valence-corrected chi connectivity index (χ0v) is 23.7. The second-order valence-corrected chi connectivity index (χ2v) is 11.8. The smallest absolute Gasteiger partial charge is 0.303 e. The Balaban J connectivity index is 0.000000761. The lowest BCUT2D eigenvalue weighted by molar-refractivity contribution is 0.161. The van der Waals surface area contributed by atoms with E-state index in [2.05, 4.69) is 18.4 Å². The van der Waals surface area contributed by atoms with E-state index in [1.54, 1.807) is 12.1 Å². The Bertz CT molecular complexity index is 793. The predicted molar refractivity (Wildman–Crippen MR) is 143 cm³/mol. The highest BCUT2D eigenvalue weighted by Crippen LogP contribution is 2.37. The Morgan fingerprint density at radius 2 is 1.34 bits per heavy atom.